The number of thiophene rings is 2. The van der Waals surface area contributed by atoms with Gasteiger partial charge in [-0.3, -0.25) is 0 Å². The van der Waals surface area contributed by atoms with Gasteiger partial charge in [-0.1, -0.05) is 115 Å². The predicted octanol–water partition coefficient (Wildman–Crippen LogP) is 16.3. The molecular weight excluding hydrogens is 840 g/mol. The van der Waals surface area contributed by atoms with Crippen LogP contribution in [0.5, 0.6) is 0 Å². The summed E-state index contributed by atoms with van der Waals surface area (Å²) >= 11 is 3.90. The molecule has 3 aliphatic rings. The van der Waals surface area contributed by atoms with Gasteiger partial charge in [0.25, 0.3) is 0 Å². The lowest BCUT2D eigenvalue weighted by molar-refractivity contribution is 0.332. The molecular formula is C60H47BN2OS2. The summed E-state index contributed by atoms with van der Waals surface area (Å²) in [7, 11) is 0. The van der Waals surface area contributed by atoms with E-state index in [2.05, 4.69) is 191 Å². The molecule has 1 aliphatic carbocycles. The van der Waals surface area contributed by atoms with Crippen LogP contribution in [0.15, 0.2) is 138 Å². The van der Waals surface area contributed by atoms with Crippen LogP contribution in [0.4, 0.5) is 11.4 Å². The number of para-hydroxylation sites is 1. The molecule has 0 unspecified atom stereocenters. The lowest BCUT2D eigenvalue weighted by Crippen LogP contribution is -2.60. The Morgan fingerprint density at radius 2 is 1.26 bits per heavy atom. The van der Waals surface area contributed by atoms with Gasteiger partial charge in [-0.2, -0.15) is 0 Å². The predicted molar refractivity (Wildman–Crippen MR) is 287 cm³/mol. The second-order valence-electron chi connectivity index (χ2n) is 21.9. The maximum Gasteiger partial charge on any atom is 0.333 e. The van der Waals surface area contributed by atoms with Crippen molar-refractivity contribution in [1.29, 1.82) is 0 Å². The molecule has 0 atom stereocenters. The number of anilines is 2. The number of fused-ring (bicyclic) bond motifs is 20. The molecule has 12 aromatic rings. The van der Waals surface area contributed by atoms with Crippen molar-refractivity contribution >= 4 is 136 Å². The number of aromatic nitrogens is 1. The van der Waals surface area contributed by atoms with E-state index in [1.165, 1.54) is 131 Å². The zero-order valence-corrected chi connectivity index (χ0v) is 39.9. The van der Waals surface area contributed by atoms with E-state index >= 15 is 0 Å². The van der Waals surface area contributed by atoms with Crippen molar-refractivity contribution in [3.05, 3.63) is 150 Å². The number of nitrogens with zero attached hydrogens (tertiary/aromatic N) is 2. The molecule has 0 fully saturated rings. The van der Waals surface area contributed by atoms with Crippen molar-refractivity contribution < 1.29 is 4.42 Å². The highest BCUT2D eigenvalue weighted by atomic mass is 32.1. The van der Waals surface area contributed by atoms with Crippen LogP contribution in [-0.2, 0) is 16.2 Å². The molecule has 6 heterocycles. The van der Waals surface area contributed by atoms with Crippen LogP contribution in [0.3, 0.4) is 0 Å². The highest BCUT2D eigenvalue weighted by Crippen LogP contribution is 2.56. The topological polar surface area (TPSA) is 21.3 Å². The Hall–Kier alpha value is -6.34. The Morgan fingerprint density at radius 1 is 0.576 bits per heavy atom. The molecule has 2 aliphatic heterocycles. The molecule has 15 rings (SSSR count). The van der Waals surface area contributed by atoms with Crippen molar-refractivity contribution in [1.82, 2.24) is 4.57 Å². The third-order valence-electron chi connectivity index (χ3n) is 16.2. The van der Waals surface area contributed by atoms with Crippen LogP contribution in [0, 0.1) is 0 Å². The fraction of sp³-hybridized carbons (Fsp3) is 0.200. The van der Waals surface area contributed by atoms with Crippen molar-refractivity contribution in [3.8, 4) is 16.8 Å². The first-order valence-electron chi connectivity index (χ1n) is 23.7. The highest BCUT2D eigenvalue weighted by molar-refractivity contribution is 7.27. The number of hydrogen-bond donors (Lipinski definition) is 0. The minimum atomic E-state index is -0.141. The second kappa shape index (κ2) is 12.4. The average molecular weight is 887 g/mol. The summed E-state index contributed by atoms with van der Waals surface area (Å²) in [6, 6.07) is 51.5. The fourth-order valence-corrected chi connectivity index (χ4v) is 15.1. The van der Waals surface area contributed by atoms with Gasteiger partial charge >= 0.3 is 6.85 Å². The van der Waals surface area contributed by atoms with Gasteiger partial charge in [-0.05, 0) is 129 Å². The summed E-state index contributed by atoms with van der Waals surface area (Å²) < 4.78 is 14.9. The van der Waals surface area contributed by atoms with E-state index in [4.69, 9.17) is 4.42 Å². The van der Waals surface area contributed by atoms with E-state index < -0.39 is 0 Å². The molecule has 0 radical (unpaired) electrons. The molecule has 4 aromatic heterocycles. The summed E-state index contributed by atoms with van der Waals surface area (Å²) in [5.41, 5.74) is 18.0. The number of hydrogen-bond acceptors (Lipinski definition) is 4. The van der Waals surface area contributed by atoms with E-state index in [0.29, 0.717) is 0 Å². The lowest BCUT2D eigenvalue weighted by atomic mass is 9.43. The van der Waals surface area contributed by atoms with E-state index in [0.717, 1.165) is 21.9 Å². The standard InChI is InChI=1S/C60H47BN2OS2/c1-58(2,3)32-20-22-33(23-21-32)63-45-31-51-38(35-15-9-12-18-49(35)65-51)26-39(45)52-53-36-16-10-13-19-50(36)66-57(53)54-40-27-41-42(60(6,7)25-24-59(41,4)5)29-44(40)62-46-28-37-34-14-8-11-17-47(34)64-48(37)30-43(46)61(63)55(52)56(54)62/h8-23,26-31H,24-25H2,1-7H3. The smallest absolute Gasteiger partial charge is 0.333 e. The first kappa shape index (κ1) is 37.8. The Balaban J connectivity index is 1.21. The third-order valence-corrected chi connectivity index (χ3v) is 18.5. The zero-order chi connectivity index (χ0) is 44.3. The summed E-state index contributed by atoms with van der Waals surface area (Å²) in [5, 5.41) is 10.5. The molecule has 318 valence electrons. The molecule has 6 heteroatoms. The zero-order valence-electron chi connectivity index (χ0n) is 38.3. The average Bonchev–Trinajstić information content (AvgIpc) is 4.07. The molecule has 66 heavy (non-hydrogen) atoms. The molecule has 8 aromatic carbocycles. The molecule has 0 spiro atoms. The second-order valence-corrected chi connectivity index (χ2v) is 24.0. The van der Waals surface area contributed by atoms with Crippen molar-refractivity contribution in [2.75, 3.05) is 4.81 Å². The Bertz CT molecular complexity index is 4170. The van der Waals surface area contributed by atoms with Crippen LogP contribution in [0.25, 0.3) is 101 Å². The molecule has 0 amide bonds. The molecule has 0 saturated carbocycles. The summed E-state index contributed by atoms with van der Waals surface area (Å²) in [6.45, 7) is 16.7. The van der Waals surface area contributed by atoms with Gasteiger partial charge in [0.2, 0.25) is 0 Å². The van der Waals surface area contributed by atoms with Crippen LogP contribution >= 0.6 is 22.7 Å². The van der Waals surface area contributed by atoms with Crippen LogP contribution < -0.4 is 15.7 Å². The Morgan fingerprint density at radius 3 is 2.02 bits per heavy atom. The summed E-state index contributed by atoms with van der Waals surface area (Å²) in [6.07, 6.45) is 2.34. The van der Waals surface area contributed by atoms with E-state index in [-0.39, 0.29) is 23.1 Å². The van der Waals surface area contributed by atoms with Crippen molar-refractivity contribution in [3.63, 3.8) is 0 Å². The summed E-state index contributed by atoms with van der Waals surface area (Å²) in [5.74, 6) is 0. The number of rotatable bonds is 1. The van der Waals surface area contributed by atoms with Crippen LogP contribution in [0.2, 0.25) is 0 Å². The largest absolute Gasteiger partial charge is 0.456 e. The summed E-state index contributed by atoms with van der Waals surface area (Å²) in [4.78, 5) is 2.71. The van der Waals surface area contributed by atoms with Gasteiger partial charge in [-0.25, -0.2) is 0 Å². The number of furan rings is 1. The molecule has 0 saturated heterocycles. The van der Waals surface area contributed by atoms with Crippen LogP contribution in [-0.4, -0.2) is 11.4 Å². The lowest BCUT2D eigenvalue weighted by Gasteiger charge is -2.42. The quantitative estimate of drug-likeness (QED) is 0.153. The fourth-order valence-electron chi connectivity index (χ4n) is 12.7. The third kappa shape index (κ3) is 4.74. The first-order valence-corrected chi connectivity index (χ1v) is 25.3. The SMILES string of the molecule is CC(C)(C)c1ccc(N2B3c4cc5oc6ccccc6c5cc4-n4c5cc6c(cc5c5c7sc8ccccc8c7c(c3c54)-c3cc4c(cc32)sc2ccccc24)C(C)(C)CCC6(C)C)cc1. The minimum absolute atomic E-state index is 0.0273. The molecule has 3 nitrogen and oxygen atoms in total. The van der Waals surface area contributed by atoms with E-state index in [1.807, 2.05) is 22.7 Å². The monoisotopic (exact) mass is 886 g/mol. The highest BCUT2D eigenvalue weighted by Gasteiger charge is 2.47. The van der Waals surface area contributed by atoms with Crippen LogP contribution in [0.1, 0.15) is 78.0 Å². The normalized spacial score (nSPS) is 16.2. The minimum Gasteiger partial charge on any atom is -0.456 e. The van der Waals surface area contributed by atoms with Gasteiger partial charge in [-0.15, -0.1) is 22.7 Å². The van der Waals surface area contributed by atoms with E-state index in [9.17, 15) is 0 Å². The van der Waals surface area contributed by atoms with E-state index in [1.54, 1.807) is 0 Å². The van der Waals surface area contributed by atoms with Gasteiger partial charge in [0, 0.05) is 84.5 Å². The van der Waals surface area contributed by atoms with Gasteiger partial charge in [0.15, 0.2) is 0 Å². The number of benzene rings is 8. The maximum absolute atomic E-state index is 6.86. The molecule has 0 bridgehead atoms. The van der Waals surface area contributed by atoms with Crippen molar-refractivity contribution in [2.45, 2.75) is 77.6 Å². The maximum atomic E-state index is 6.86. The van der Waals surface area contributed by atoms with Gasteiger partial charge in [0.1, 0.15) is 11.2 Å². The Kier molecular flexibility index (Phi) is 7.08. The molecule has 0 N–H and O–H groups in total. The Labute approximate surface area is 392 Å². The van der Waals surface area contributed by atoms with Crippen molar-refractivity contribution in [2.24, 2.45) is 0 Å². The first-order chi connectivity index (χ1) is 31.8. The van der Waals surface area contributed by atoms with Gasteiger partial charge in [0.05, 0.1) is 11.0 Å². The van der Waals surface area contributed by atoms with Gasteiger partial charge < -0.3 is 13.8 Å².